The summed E-state index contributed by atoms with van der Waals surface area (Å²) in [6.07, 6.45) is 0.955. The first-order valence-corrected chi connectivity index (χ1v) is 6.68. The summed E-state index contributed by atoms with van der Waals surface area (Å²) in [7, 11) is 0. The summed E-state index contributed by atoms with van der Waals surface area (Å²) in [5.74, 6) is 0.466. The van der Waals surface area contributed by atoms with E-state index in [1.165, 1.54) is 0 Å². The third-order valence-corrected chi connectivity index (χ3v) is 4.23. The number of carbonyl (C=O) groups is 1. The number of rotatable bonds is 1. The molecule has 1 fully saturated rings. The number of hydrogen-bond donors (Lipinski definition) is 1. The monoisotopic (exact) mass is 266 g/mol. The molecule has 3 nitrogen and oxygen atoms in total. The van der Waals surface area contributed by atoms with Gasteiger partial charge in [-0.25, -0.2) is 0 Å². The molecule has 1 heterocycles. The molecule has 1 aromatic carbocycles. The average molecular weight is 267 g/mol. The molecular weight excluding hydrogens is 248 g/mol. The smallest absolute Gasteiger partial charge is 0.255 e. The molecule has 4 heteroatoms. The van der Waals surface area contributed by atoms with Crippen molar-refractivity contribution in [1.82, 2.24) is 4.90 Å². The van der Waals surface area contributed by atoms with Crippen molar-refractivity contribution >= 4 is 17.5 Å². The molecule has 0 saturated carbocycles. The van der Waals surface area contributed by atoms with Crippen LogP contribution in [0.25, 0.3) is 0 Å². The highest BCUT2D eigenvalue weighted by atomic mass is 35.5. The van der Waals surface area contributed by atoms with Gasteiger partial charge in [-0.3, -0.25) is 4.79 Å². The fraction of sp³-hybridized carbons (Fsp3) is 0.500. The van der Waals surface area contributed by atoms with Crippen molar-refractivity contribution in [3.63, 3.8) is 0 Å². The lowest BCUT2D eigenvalue weighted by molar-refractivity contribution is 0.0672. The minimum absolute atomic E-state index is 0.00829. The number of nitrogens with zero attached hydrogens (tertiary/aromatic N) is 1. The van der Waals surface area contributed by atoms with Crippen molar-refractivity contribution < 1.29 is 4.79 Å². The number of carbonyl (C=O) groups excluding carboxylic acids is 1. The quantitative estimate of drug-likeness (QED) is 0.849. The molecule has 0 bridgehead atoms. The van der Waals surface area contributed by atoms with E-state index in [9.17, 15) is 4.79 Å². The SMILES string of the molecule is Cc1cccc(C(=O)N2CCC(C)C(N)C2)c1Cl. The molecule has 2 atom stereocenters. The molecule has 2 unspecified atom stereocenters. The van der Waals surface area contributed by atoms with Gasteiger partial charge in [0.1, 0.15) is 0 Å². The number of nitrogens with two attached hydrogens (primary N) is 1. The van der Waals surface area contributed by atoms with Crippen LogP contribution in [0.5, 0.6) is 0 Å². The highest BCUT2D eigenvalue weighted by molar-refractivity contribution is 6.34. The van der Waals surface area contributed by atoms with E-state index in [2.05, 4.69) is 6.92 Å². The van der Waals surface area contributed by atoms with Gasteiger partial charge in [-0.1, -0.05) is 30.7 Å². The van der Waals surface area contributed by atoms with Gasteiger partial charge in [0.15, 0.2) is 0 Å². The molecule has 98 valence electrons. The summed E-state index contributed by atoms with van der Waals surface area (Å²) < 4.78 is 0. The normalized spacial score (nSPS) is 24.1. The topological polar surface area (TPSA) is 46.3 Å². The van der Waals surface area contributed by atoms with E-state index in [1.54, 1.807) is 6.07 Å². The van der Waals surface area contributed by atoms with Crippen molar-refractivity contribution in [3.05, 3.63) is 34.3 Å². The van der Waals surface area contributed by atoms with Gasteiger partial charge in [0.2, 0.25) is 0 Å². The van der Waals surface area contributed by atoms with E-state index in [-0.39, 0.29) is 11.9 Å². The van der Waals surface area contributed by atoms with Crippen LogP contribution in [0.4, 0.5) is 0 Å². The van der Waals surface area contributed by atoms with E-state index in [0.29, 0.717) is 23.0 Å². The third-order valence-electron chi connectivity index (χ3n) is 3.73. The average Bonchev–Trinajstić information content (AvgIpc) is 2.35. The van der Waals surface area contributed by atoms with E-state index in [1.807, 2.05) is 24.0 Å². The number of amides is 1. The summed E-state index contributed by atoms with van der Waals surface area (Å²) in [6, 6.07) is 5.61. The molecule has 18 heavy (non-hydrogen) atoms. The Labute approximate surface area is 113 Å². The Morgan fingerprint density at radius 2 is 2.22 bits per heavy atom. The lowest BCUT2D eigenvalue weighted by Crippen LogP contribution is -2.49. The number of piperidine rings is 1. The van der Waals surface area contributed by atoms with E-state index in [0.717, 1.165) is 18.5 Å². The number of benzene rings is 1. The van der Waals surface area contributed by atoms with E-state index < -0.39 is 0 Å². The molecule has 0 aliphatic carbocycles. The van der Waals surface area contributed by atoms with Gasteiger partial charge in [0, 0.05) is 19.1 Å². The number of halogens is 1. The first kappa shape index (κ1) is 13.4. The van der Waals surface area contributed by atoms with Crippen molar-refractivity contribution in [2.24, 2.45) is 11.7 Å². The molecular formula is C14H19ClN2O. The third kappa shape index (κ3) is 2.52. The second kappa shape index (κ2) is 5.29. The van der Waals surface area contributed by atoms with E-state index >= 15 is 0 Å². The molecule has 1 saturated heterocycles. The van der Waals surface area contributed by atoms with Gasteiger partial charge in [-0.2, -0.15) is 0 Å². The van der Waals surface area contributed by atoms with Crippen LogP contribution in [-0.2, 0) is 0 Å². The minimum atomic E-state index is -0.00829. The maximum Gasteiger partial charge on any atom is 0.255 e. The van der Waals surface area contributed by atoms with Crippen LogP contribution < -0.4 is 5.73 Å². The standard InChI is InChI=1S/C14H19ClN2O/c1-9-6-7-17(8-12(9)16)14(18)11-5-3-4-10(2)13(11)15/h3-5,9,12H,6-8,16H2,1-2H3. The Kier molecular flexibility index (Phi) is 3.93. The van der Waals surface area contributed by atoms with Crippen LogP contribution in [0.15, 0.2) is 18.2 Å². The Morgan fingerprint density at radius 3 is 2.89 bits per heavy atom. The molecule has 1 aliphatic heterocycles. The fourth-order valence-corrected chi connectivity index (χ4v) is 2.47. The number of hydrogen-bond acceptors (Lipinski definition) is 2. The summed E-state index contributed by atoms with van der Waals surface area (Å²) >= 11 is 6.19. The zero-order valence-corrected chi connectivity index (χ0v) is 11.6. The highest BCUT2D eigenvalue weighted by Gasteiger charge is 2.27. The van der Waals surface area contributed by atoms with Crippen molar-refractivity contribution in [3.8, 4) is 0 Å². The van der Waals surface area contributed by atoms with Gasteiger partial charge in [-0.05, 0) is 30.9 Å². The molecule has 2 N–H and O–H groups in total. The molecule has 1 aliphatic rings. The fourth-order valence-electron chi connectivity index (χ4n) is 2.27. The van der Waals surface area contributed by atoms with Crippen molar-refractivity contribution in [1.29, 1.82) is 0 Å². The van der Waals surface area contributed by atoms with Gasteiger partial charge < -0.3 is 10.6 Å². The van der Waals surface area contributed by atoms with E-state index in [4.69, 9.17) is 17.3 Å². The lowest BCUT2D eigenvalue weighted by Gasteiger charge is -2.35. The maximum atomic E-state index is 12.4. The Balaban J connectivity index is 2.19. The number of likely N-dealkylation sites (tertiary alicyclic amines) is 1. The molecule has 1 aromatic rings. The van der Waals surface area contributed by atoms with Crippen LogP contribution in [0, 0.1) is 12.8 Å². The first-order valence-electron chi connectivity index (χ1n) is 6.30. The highest BCUT2D eigenvalue weighted by Crippen LogP contribution is 2.24. The molecule has 2 rings (SSSR count). The summed E-state index contributed by atoms with van der Waals surface area (Å²) in [4.78, 5) is 14.2. The van der Waals surface area contributed by atoms with Crippen LogP contribution >= 0.6 is 11.6 Å². The summed E-state index contributed by atoms with van der Waals surface area (Å²) in [5.41, 5.74) is 7.54. The van der Waals surface area contributed by atoms with Crippen molar-refractivity contribution in [2.75, 3.05) is 13.1 Å². The zero-order chi connectivity index (χ0) is 13.3. The van der Waals surface area contributed by atoms with Gasteiger partial charge in [0.25, 0.3) is 5.91 Å². The Bertz CT molecular complexity index is 461. The largest absolute Gasteiger partial charge is 0.337 e. The second-order valence-corrected chi connectivity index (χ2v) is 5.50. The van der Waals surface area contributed by atoms with Crippen LogP contribution in [-0.4, -0.2) is 29.9 Å². The van der Waals surface area contributed by atoms with Gasteiger partial charge in [-0.15, -0.1) is 0 Å². The molecule has 0 aromatic heterocycles. The zero-order valence-electron chi connectivity index (χ0n) is 10.8. The van der Waals surface area contributed by atoms with Crippen LogP contribution in [0.2, 0.25) is 5.02 Å². The maximum absolute atomic E-state index is 12.4. The predicted molar refractivity (Wildman–Crippen MR) is 73.8 cm³/mol. The van der Waals surface area contributed by atoms with Crippen LogP contribution in [0.3, 0.4) is 0 Å². The Hall–Kier alpha value is -1.06. The summed E-state index contributed by atoms with van der Waals surface area (Å²) in [6.45, 7) is 5.41. The second-order valence-electron chi connectivity index (χ2n) is 5.12. The molecule has 0 spiro atoms. The Morgan fingerprint density at radius 1 is 1.50 bits per heavy atom. The van der Waals surface area contributed by atoms with Gasteiger partial charge in [0.05, 0.1) is 10.6 Å². The van der Waals surface area contributed by atoms with Gasteiger partial charge >= 0.3 is 0 Å². The lowest BCUT2D eigenvalue weighted by atomic mass is 9.94. The van der Waals surface area contributed by atoms with Crippen molar-refractivity contribution in [2.45, 2.75) is 26.3 Å². The van der Waals surface area contributed by atoms with Crippen LogP contribution in [0.1, 0.15) is 29.3 Å². The summed E-state index contributed by atoms with van der Waals surface area (Å²) in [5, 5.41) is 0.551. The predicted octanol–water partition coefficient (Wildman–Crippen LogP) is 2.46. The number of aryl methyl sites for hydroxylation is 1. The minimum Gasteiger partial charge on any atom is -0.337 e. The first-order chi connectivity index (χ1) is 8.50. The molecule has 0 radical (unpaired) electrons. The molecule has 1 amide bonds.